The quantitative estimate of drug-likeness (QED) is 0.694. The molecule has 3 rings (SSSR count). The molecule has 0 fully saturated rings. The fourth-order valence-corrected chi connectivity index (χ4v) is 3.11. The van der Waals surface area contributed by atoms with Crippen LogP contribution in [0, 0.1) is 0 Å². The predicted molar refractivity (Wildman–Crippen MR) is 83.0 cm³/mol. The van der Waals surface area contributed by atoms with Crippen LogP contribution >= 0.6 is 11.3 Å². The van der Waals surface area contributed by atoms with Crippen molar-refractivity contribution < 1.29 is 14.1 Å². The summed E-state index contributed by atoms with van der Waals surface area (Å²) in [6.45, 7) is 4.30. The van der Waals surface area contributed by atoms with Crippen LogP contribution in [0.15, 0.2) is 52.6 Å². The van der Waals surface area contributed by atoms with Gasteiger partial charge >= 0.3 is 5.91 Å². The Labute approximate surface area is 130 Å². The second-order valence-corrected chi connectivity index (χ2v) is 5.42. The molecule has 2 aromatic heterocycles. The molecule has 0 N–H and O–H groups in total. The number of rotatable bonds is 4. The zero-order chi connectivity index (χ0) is 15.5. The summed E-state index contributed by atoms with van der Waals surface area (Å²) in [5.74, 6) is 0.404. The van der Waals surface area contributed by atoms with Crippen molar-refractivity contribution in [2.24, 2.45) is 4.99 Å². The van der Waals surface area contributed by atoms with E-state index >= 15 is 0 Å². The Morgan fingerprint density at radius 3 is 3.09 bits per heavy atom. The van der Waals surface area contributed by atoms with Gasteiger partial charge in [0.15, 0.2) is 4.80 Å². The average molecular weight is 315 g/mol. The highest BCUT2D eigenvalue weighted by atomic mass is 32.1. The summed E-state index contributed by atoms with van der Waals surface area (Å²) in [7, 11) is 1.62. The van der Waals surface area contributed by atoms with E-state index in [0.717, 1.165) is 16.0 Å². The summed E-state index contributed by atoms with van der Waals surface area (Å²) >= 11 is 1.40. The first-order valence-corrected chi connectivity index (χ1v) is 7.32. The largest absolute Gasteiger partial charge is 0.497 e. The minimum absolute atomic E-state index is 0.111. The number of benzene rings is 1. The van der Waals surface area contributed by atoms with Crippen LogP contribution < -0.4 is 9.54 Å². The summed E-state index contributed by atoms with van der Waals surface area (Å²) in [5.41, 5.74) is 0.967. The number of carbonyl (C=O) groups excluding carboxylic acids is 1. The normalized spacial score (nSPS) is 11.8. The minimum Gasteiger partial charge on any atom is -0.497 e. The highest BCUT2D eigenvalue weighted by Crippen LogP contribution is 2.23. The smallest absolute Gasteiger partial charge is 0.318 e. The number of fused-ring (bicyclic) bond motifs is 1. The van der Waals surface area contributed by atoms with Gasteiger partial charge in [-0.15, -0.1) is 6.58 Å². The third-order valence-electron chi connectivity index (χ3n) is 3.05. The maximum absolute atomic E-state index is 12.1. The van der Waals surface area contributed by atoms with Gasteiger partial charge < -0.3 is 13.8 Å². The van der Waals surface area contributed by atoms with Gasteiger partial charge in [-0.05, 0) is 18.2 Å². The molecule has 0 aliphatic rings. The SMILES string of the molecule is C=CCn1c(=NC(=O)c2ccno2)sc2cc(OC)ccc21. The van der Waals surface area contributed by atoms with Gasteiger partial charge in [-0.3, -0.25) is 4.79 Å². The maximum Gasteiger partial charge on any atom is 0.318 e. The Bertz CT molecular complexity index is 891. The second-order valence-electron chi connectivity index (χ2n) is 4.41. The van der Waals surface area contributed by atoms with Gasteiger partial charge in [-0.1, -0.05) is 22.6 Å². The van der Waals surface area contributed by atoms with Crippen molar-refractivity contribution in [2.75, 3.05) is 7.11 Å². The first-order valence-electron chi connectivity index (χ1n) is 6.51. The number of amides is 1. The first kappa shape index (κ1) is 14.3. The molecule has 0 aliphatic carbocycles. The van der Waals surface area contributed by atoms with Crippen molar-refractivity contribution in [3.05, 3.63) is 53.7 Å². The number of thiazole rings is 1. The lowest BCUT2D eigenvalue weighted by molar-refractivity contribution is 0.0962. The van der Waals surface area contributed by atoms with Gasteiger partial charge in [0, 0.05) is 12.6 Å². The number of hydrogen-bond acceptors (Lipinski definition) is 5. The lowest BCUT2D eigenvalue weighted by Gasteiger charge is -2.02. The molecular weight excluding hydrogens is 302 g/mol. The summed E-state index contributed by atoms with van der Waals surface area (Å²) in [4.78, 5) is 16.8. The summed E-state index contributed by atoms with van der Waals surface area (Å²) in [6, 6.07) is 7.21. The number of carbonyl (C=O) groups is 1. The van der Waals surface area contributed by atoms with E-state index in [0.29, 0.717) is 11.3 Å². The van der Waals surface area contributed by atoms with Crippen LogP contribution in [0.2, 0.25) is 0 Å². The van der Waals surface area contributed by atoms with Gasteiger partial charge in [-0.25, -0.2) is 0 Å². The average Bonchev–Trinajstić information content (AvgIpc) is 3.16. The van der Waals surface area contributed by atoms with Crippen molar-refractivity contribution >= 4 is 27.5 Å². The molecule has 7 heteroatoms. The molecule has 22 heavy (non-hydrogen) atoms. The Balaban J connectivity index is 2.17. The fraction of sp³-hybridized carbons (Fsp3) is 0.133. The predicted octanol–water partition coefficient (Wildman–Crippen LogP) is 2.63. The molecule has 0 bridgehead atoms. The van der Waals surface area contributed by atoms with Crippen molar-refractivity contribution in [1.29, 1.82) is 0 Å². The van der Waals surface area contributed by atoms with E-state index in [1.54, 1.807) is 13.2 Å². The molecule has 0 radical (unpaired) electrons. The number of hydrogen-bond donors (Lipinski definition) is 0. The molecule has 0 atom stereocenters. The highest BCUT2D eigenvalue weighted by molar-refractivity contribution is 7.16. The monoisotopic (exact) mass is 315 g/mol. The third kappa shape index (κ3) is 2.58. The highest BCUT2D eigenvalue weighted by Gasteiger charge is 2.11. The van der Waals surface area contributed by atoms with E-state index in [1.165, 1.54) is 23.6 Å². The standard InChI is InChI=1S/C15H13N3O3S/c1-3-8-18-11-5-4-10(20-2)9-13(11)22-15(18)17-14(19)12-6-7-16-21-12/h3-7,9H,1,8H2,2H3. The first-order chi connectivity index (χ1) is 10.7. The molecule has 2 heterocycles. The van der Waals surface area contributed by atoms with E-state index in [4.69, 9.17) is 9.26 Å². The molecule has 0 aliphatic heterocycles. The van der Waals surface area contributed by atoms with Crippen LogP contribution in [0.1, 0.15) is 10.6 Å². The molecule has 112 valence electrons. The number of allylic oxidation sites excluding steroid dienone is 1. The van der Waals surface area contributed by atoms with Crippen LogP contribution in [-0.4, -0.2) is 22.7 Å². The van der Waals surface area contributed by atoms with Gasteiger partial charge in [-0.2, -0.15) is 4.99 Å². The van der Waals surface area contributed by atoms with E-state index in [-0.39, 0.29) is 5.76 Å². The van der Waals surface area contributed by atoms with Gasteiger partial charge in [0.1, 0.15) is 5.75 Å². The lowest BCUT2D eigenvalue weighted by atomic mass is 10.3. The molecule has 0 saturated heterocycles. The summed E-state index contributed by atoms with van der Waals surface area (Å²) in [5, 5.41) is 3.52. The van der Waals surface area contributed by atoms with Crippen LogP contribution in [0.3, 0.4) is 0 Å². The fourth-order valence-electron chi connectivity index (χ4n) is 2.04. The molecule has 0 unspecified atom stereocenters. The van der Waals surface area contributed by atoms with E-state index in [1.807, 2.05) is 22.8 Å². The van der Waals surface area contributed by atoms with Crippen LogP contribution in [-0.2, 0) is 6.54 Å². The third-order valence-corrected chi connectivity index (χ3v) is 4.09. The van der Waals surface area contributed by atoms with Crippen molar-refractivity contribution in [3.63, 3.8) is 0 Å². The minimum atomic E-state index is -0.464. The van der Waals surface area contributed by atoms with Crippen molar-refractivity contribution in [1.82, 2.24) is 9.72 Å². The number of nitrogens with zero attached hydrogens (tertiary/aromatic N) is 3. The van der Waals surface area contributed by atoms with E-state index < -0.39 is 5.91 Å². The molecule has 3 aromatic rings. The van der Waals surface area contributed by atoms with Crippen LogP contribution in [0.5, 0.6) is 5.75 Å². The molecule has 6 nitrogen and oxygen atoms in total. The Morgan fingerprint density at radius 1 is 1.55 bits per heavy atom. The second kappa shape index (κ2) is 5.98. The lowest BCUT2D eigenvalue weighted by Crippen LogP contribution is -2.16. The van der Waals surface area contributed by atoms with Crippen molar-refractivity contribution in [3.8, 4) is 5.75 Å². The summed E-state index contributed by atoms with van der Waals surface area (Å²) < 4.78 is 13.0. The summed E-state index contributed by atoms with van der Waals surface area (Å²) in [6.07, 6.45) is 3.17. The molecule has 0 spiro atoms. The topological polar surface area (TPSA) is 69.6 Å². The Kier molecular flexibility index (Phi) is 3.88. The Morgan fingerprint density at radius 2 is 2.41 bits per heavy atom. The van der Waals surface area contributed by atoms with Crippen molar-refractivity contribution in [2.45, 2.75) is 6.54 Å². The van der Waals surface area contributed by atoms with Crippen LogP contribution in [0.25, 0.3) is 10.2 Å². The number of aromatic nitrogens is 2. The number of ether oxygens (including phenoxy) is 1. The molecule has 1 amide bonds. The Hall–Kier alpha value is -2.67. The molecular formula is C15H13N3O3S. The zero-order valence-electron chi connectivity index (χ0n) is 11.9. The van der Waals surface area contributed by atoms with Gasteiger partial charge in [0.05, 0.1) is 23.5 Å². The zero-order valence-corrected chi connectivity index (χ0v) is 12.7. The maximum atomic E-state index is 12.1. The number of methoxy groups -OCH3 is 1. The molecule has 0 saturated carbocycles. The van der Waals surface area contributed by atoms with Gasteiger partial charge in [0.2, 0.25) is 5.76 Å². The van der Waals surface area contributed by atoms with Crippen LogP contribution in [0.4, 0.5) is 0 Å². The van der Waals surface area contributed by atoms with E-state index in [9.17, 15) is 4.79 Å². The molecule has 1 aromatic carbocycles. The van der Waals surface area contributed by atoms with Gasteiger partial charge in [0.25, 0.3) is 0 Å². The van der Waals surface area contributed by atoms with E-state index in [2.05, 4.69) is 16.7 Å².